The molecule has 1 saturated carbocycles. The molecule has 1 heterocycles. The van der Waals surface area contributed by atoms with Crippen LogP contribution in [0.25, 0.3) is 0 Å². The second-order valence-corrected chi connectivity index (χ2v) is 6.98. The molecular weight excluding hydrogens is 228 g/mol. The zero-order chi connectivity index (χ0) is 12.5. The third kappa shape index (κ3) is 3.29. The number of aromatic nitrogens is 1. The third-order valence-corrected chi connectivity index (χ3v) is 4.19. The summed E-state index contributed by atoms with van der Waals surface area (Å²) in [5, 5.41) is 7.19. The van der Waals surface area contributed by atoms with Gasteiger partial charge in [-0.2, -0.15) is 0 Å². The van der Waals surface area contributed by atoms with Crippen molar-refractivity contribution in [1.82, 2.24) is 10.3 Å². The van der Waals surface area contributed by atoms with Crippen LogP contribution >= 0.6 is 11.3 Å². The quantitative estimate of drug-likeness (QED) is 0.860. The van der Waals surface area contributed by atoms with Crippen LogP contribution in [0.3, 0.4) is 0 Å². The zero-order valence-electron chi connectivity index (χ0n) is 11.4. The predicted octanol–water partition coefficient (Wildman–Crippen LogP) is 3.89. The summed E-state index contributed by atoms with van der Waals surface area (Å²) in [5.74, 6) is 0.834. The first-order chi connectivity index (χ1) is 8.02. The van der Waals surface area contributed by atoms with Crippen LogP contribution in [0.1, 0.15) is 63.7 Å². The minimum absolute atomic E-state index is 0.174. The molecule has 1 N–H and O–H groups in total. The molecule has 0 radical (unpaired) electrons. The average Bonchev–Trinajstić information content (AvgIpc) is 2.94. The number of nitrogens with zero attached hydrogens (tertiary/aromatic N) is 1. The Balaban J connectivity index is 2.10. The Bertz CT molecular complexity index is 361. The molecule has 0 aromatic carbocycles. The van der Waals surface area contributed by atoms with Crippen LogP contribution in [0.15, 0.2) is 5.38 Å². The first-order valence-electron chi connectivity index (χ1n) is 6.71. The number of hydrogen-bond donors (Lipinski definition) is 1. The molecule has 1 atom stereocenters. The molecule has 1 aliphatic carbocycles. The molecule has 1 aromatic rings. The molecule has 0 bridgehead atoms. The minimum Gasteiger partial charge on any atom is -0.308 e. The first-order valence-corrected chi connectivity index (χ1v) is 7.59. The molecule has 1 aliphatic rings. The summed E-state index contributed by atoms with van der Waals surface area (Å²) in [6.45, 7) is 10.0. The lowest BCUT2D eigenvalue weighted by Gasteiger charge is -2.17. The van der Waals surface area contributed by atoms with Crippen LogP contribution in [0.5, 0.6) is 0 Å². The maximum atomic E-state index is 4.85. The van der Waals surface area contributed by atoms with Crippen LogP contribution in [-0.4, -0.2) is 11.5 Å². The smallest absolute Gasteiger partial charge is 0.110 e. The van der Waals surface area contributed by atoms with E-state index in [2.05, 4.69) is 38.4 Å². The summed E-state index contributed by atoms with van der Waals surface area (Å²) in [7, 11) is 0. The largest absolute Gasteiger partial charge is 0.308 e. The molecule has 2 rings (SSSR count). The Labute approximate surface area is 109 Å². The highest BCUT2D eigenvalue weighted by Gasteiger charge is 2.34. The number of hydrogen-bond acceptors (Lipinski definition) is 3. The molecular formula is C14H24N2S. The Morgan fingerprint density at radius 2 is 2.18 bits per heavy atom. The highest BCUT2D eigenvalue weighted by Crippen LogP contribution is 2.42. The van der Waals surface area contributed by atoms with Crippen molar-refractivity contribution in [3.05, 3.63) is 16.1 Å². The van der Waals surface area contributed by atoms with Gasteiger partial charge in [-0.1, -0.05) is 27.7 Å². The van der Waals surface area contributed by atoms with Gasteiger partial charge in [0.05, 0.1) is 11.7 Å². The van der Waals surface area contributed by atoms with Crippen molar-refractivity contribution in [1.29, 1.82) is 0 Å². The standard InChI is InChI=1S/C14H24N2S/c1-5-8-15-12(10-6-7-10)13-16-11(9-17-13)14(2,3)4/h9-10,12,15H,5-8H2,1-4H3. The minimum atomic E-state index is 0.174. The first kappa shape index (κ1) is 13.0. The van der Waals surface area contributed by atoms with Crippen molar-refractivity contribution < 1.29 is 0 Å². The lowest BCUT2D eigenvalue weighted by molar-refractivity contribution is 0.474. The number of rotatable bonds is 5. The van der Waals surface area contributed by atoms with Gasteiger partial charge >= 0.3 is 0 Å². The van der Waals surface area contributed by atoms with Gasteiger partial charge in [-0.25, -0.2) is 4.98 Å². The topological polar surface area (TPSA) is 24.9 Å². The normalized spacial score (nSPS) is 18.4. The number of thiazole rings is 1. The summed E-state index contributed by atoms with van der Waals surface area (Å²) in [6.07, 6.45) is 3.93. The van der Waals surface area contributed by atoms with Crippen LogP contribution in [0.2, 0.25) is 0 Å². The van der Waals surface area contributed by atoms with Crippen molar-refractivity contribution >= 4 is 11.3 Å². The highest BCUT2D eigenvalue weighted by atomic mass is 32.1. The second kappa shape index (κ2) is 5.07. The summed E-state index contributed by atoms with van der Waals surface area (Å²) >= 11 is 1.83. The number of nitrogens with one attached hydrogen (secondary N) is 1. The van der Waals surface area contributed by atoms with Gasteiger partial charge in [0.2, 0.25) is 0 Å². The van der Waals surface area contributed by atoms with Crippen molar-refractivity contribution in [3.8, 4) is 0 Å². The van der Waals surface area contributed by atoms with Crippen LogP contribution in [-0.2, 0) is 5.41 Å². The van der Waals surface area contributed by atoms with Gasteiger partial charge in [0, 0.05) is 10.8 Å². The maximum Gasteiger partial charge on any atom is 0.110 e. The average molecular weight is 252 g/mol. The van der Waals surface area contributed by atoms with Crippen LogP contribution < -0.4 is 5.32 Å². The monoisotopic (exact) mass is 252 g/mol. The summed E-state index contributed by atoms with van der Waals surface area (Å²) < 4.78 is 0. The molecule has 1 unspecified atom stereocenters. The van der Waals surface area contributed by atoms with E-state index in [1.54, 1.807) is 0 Å². The van der Waals surface area contributed by atoms with Crippen molar-refractivity contribution in [2.45, 2.75) is 58.4 Å². The fourth-order valence-corrected chi connectivity index (χ4v) is 3.17. The molecule has 0 aliphatic heterocycles. The van der Waals surface area contributed by atoms with Gasteiger partial charge in [0.1, 0.15) is 5.01 Å². The van der Waals surface area contributed by atoms with Crippen molar-refractivity contribution in [2.75, 3.05) is 6.54 Å². The van der Waals surface area contributed by atoms with E-state index in [0.717, 1.165) is 12.5 Å². The van der Waals surface area contributed by atoms with E-state index < -0.39 is 0 Å². The van der Waals surface area contributed by atoms with Crippen LogP contribution in [0, 0.1) is 5.92 Å². The van der Waals surface area contributed by atoms with E-state index >= 15 is 0 Å². The lowest BCUT2D eigenvalue weighted by Crippen LogP contribution is -2.24. The molecule has 0 spiro atoms. The van der Waals surface area contributed by atoms with Gasteiger partial charge in [-0.15, -0.1) is 11.3 Å². The molecule has 0 amide bonds. The van der Waals surface area contributed by atoms with Crippen LogP contribution in [0.4, 0.5) is 0 Å². The van der Waals surface area contributed by atoms with Crippen molar-refractivity contribution in [2.24, 2.45) is 5.92 Å². The molecule has 96 valence electrons. The van der Waals surface area contributed by atoms with Gasteiger partial charge < -0.3 is 5.32 Å². The zero-order valence-corrected chi connectivity index (χ0v) is 12.2. The Morgan fingerprint density at radius 1 is 1.47 bits per heavy atom. The van der Waals surface area contributed by atoms with E-state index in [0.29, 0.717) is 6.04 Å². The molecule has 1 fully saturated rings. The van der Waals surface area contributed by atoms with E-state index in [4.69, 9.17) is 4.98 Å². The Kier molecular flexibility index (Phi) is 3.88. The highest BCUT2D eigenvalue weighted by molar-refractivity contribution is 7.09. The molecule has 1 aromatic heterocycles. The molecule has 2 nitrogen and oxygen atoms in total. The Hall–Kier alpha value is -0.410. The summed E-state index contributed by atoms with van der Waals surface area (Å²) in [5.41, 5.74) is 1.41. The van der Waals surface area contributed by atoms with Gasteiger partial charge in [-0.3, -0.25) is 0 Å². The van der Waals surface area contributed by atoms with E-state index in [1.807, 2.05) is 11.3 Å². The van der Waals surface area contributed by atoms with Crippen molar-refractivity contribution in [3.63, 3.8) is 0 Å². The van der Waals surface area contributed by atoms with Gasteiger partial charge in [0.15, 0.2) is 0 Å². The van der Waals surface area contributed by atoms with E-state index in [9.17, 15) is 0 Å². The molecule has 0 saturated heterocycles. The van der Waals surface area contributed by atoms with E-state index in [1.165, 1.54) is 30.0 Å². The fourth-order valence-electron chi connectivity index (χ4n) is 1.96. The third-order valence-electron chi connectivity index (χ3n) is 3.26. The Morgan fingerprint density at radius 3 is 2.65 bits per heavy atom. The second-order valence-electron chi connectivity index (χ2n) is 6.09. The van der Waals surface area contributed by atoms with Gasteiger partial charge in [0.25, 0.3) is 0 Å². The maximum absolute atomic E-state index is 4.85. The molecule has 3 heteroatoms. The van der Waals surface area contributed by atoms with Gasteiger partial charge in [-0.05, 0) is 31.7 Å². The fraction of sp³-hybridized carbons (Fsp3) is 0.786. The lowest BCUT2D eigenvalue weighted by atomic mass is 9.93. The summed E-state index contributed by atoms with van der Waals surface area (Å²) in [4.78, 5) is 4.85. The SMILES string of the molecule is CCCNC(c1nc(C(C)(C)C)cs1)C1CC1. The predicted molar refractivity (Wildman–Crippen MR) is 74.6 cm³/mol. The molecule has 17 heavy (non-hydrogen) atoms. The summed E-state index contributed by atoms with van der Waals surface area (Å²) in [6, 6.07) is 0.510. The van der Waals surface area contributed by atoms with E-state index in [-0.39, 0.29) is 5.41 Å².